The fraction of sp³-hybridized carbons (Fsp3) is 0.0152. The second-order valence-electron chi connectivity index (χ2n) is 18.3. The molecule has 13 aromatic rings. The Morgan fingerprint density at radius 1 is 0.286 bits per heavy atom. The third-order valence-electron chi connectivity index (χ3n) is 14.4. The first-order valence-electron chi connectivity index (χ1n) is 24.1. The third kappa shape index (κ3) is 6.27. The largest absolute Gasteiger partial charge is 0.338 e. The summed E-state index contributed by atoms with van der Waals surface area (Å²) in [6, 6.07) is 92.8. The van der Waals surface area contributed by atoms with Gasteiger partial charge in [0.05, 0.1) is 34.2 Å². The standard InChI is InChI=1S/C66H44N4/c1-7-31-49-43(19-1)25-13-37-55(49)61-62(56-38-14-26-44-20-2-8-32-50(44)56)68-65(67-61)66-69(59-41-17-29-47-23-5-11-35-53(47)59)63(57-39-15-27-45-21-3-9-33-51(45)57)64(58-40-16-28-46-22-4-10-34-52(46)58)70(66)60-42-18-30-48-24-6-12-36-54(48)60/h1-42,66H,(H,67,68). The second kappa shape index (κ2) is 16.2. The molecule has 1 aromatic heterocycles. The van der Waals surface area contributed by atoms with Crippen molar-refractivity contribution in [1.82, 2.24) is 9.97 Å². The van der Waals surface area contributed by atoms with Gasteiger partial charge in [0, 0.05) is 33.0 Å². The number of H-pyrrole nitrogens is 1. The van der Waals surface area contributed by atoms with E-state index in [1.807, 2.05) is 0 Å². The zero-order chi connectivity index (χ0) is 46.1. The van der Waals surface area contributed by atoms with Gasteiger partial charge in [-0.3, -0.25) is 0 Å². The van der Waals surface area contributed by atoms with Gasteiger partial charge in [-0.25, -0.2) is 4.98 Å². The van der Waals surface area contributed by atoms with E-state index in [4.69, 9.17) is 4.98 Å². The van der Waals surface area contributed by atoms with Crippen LogP contribution in [0.3, 0.4) is 0 Å². The van der Waals surface area contributed by atoms with Gasteiger partial charge in [-0.15, -0.1) is 0 Å². The number of hydrogen-bond donors (Lipinski definition) is 1. The maximum Gasteiger partial charge on any atom is 0.170 e. The van der Waals surface area contributed by atoms with E-state index >= 15 is 0 Å². The number of benzene rings is 12. The number of fused-ring (bicyclic) bond motifs is 6. The van der Waals surface area contributed by atoms with Crippen LogP contribution in [0.2, 0.25) is 0 Å². The number of aromatic nitrogens is 2. The van der Waals surface area contributed by atoms with Crippen LogP contribution in [0.4, 0.5) is 11.4 Å². The summed E-state index contributed by atoms with van der Waals surface area (Å²) in [5.74, 6) is 0.819. The number of nitrogens with zero attached hydrogens (tertiary/aromatic N) is 3. The van der Waals surface area contributed by atoms with Crippen LogP contribution in [0.5, 0.6) is 0 Å². The summed E-state index contributed by atoms with van der Waals surface area (Å²) < 4.78 is 0. The van der Waals surface area contributed by atoms with Gasteiger partial charge in [-0.05, 0) is 66.0 Å². The van der Waals surface area contributed by atoms with Crippen molar-refractivity contribution in [3.63, 3.8) is 0 Å². The van der Waals surface area contributed by atoms with E-state index in [1.165, 1.54) is 43.1 Å². The molecule has 0 spiro atoms. The molecule has 0 amide bonds. The topological polar surface area (TPSA) is 35.2 Å². The van der Waals surface area contributed by atoms with E-state index in [1.54, 1.807) is 0 Å². The lowest BCUT2D eigenvalue weighted by Gasteiger charge is -2.35. The lowest BCUT2D eigenvalue weighted by molar-refractivity contribution is 0.703. The molecule has 4 nitrogen and oxygen atoms in total. The van der Waals surface area contributed by atoms with Gasteiger partial charge in [0.2, 0.25) is 0 Å². The Bertz CT molecular complexity index is 3940. The molecule has 2 heterocycles. The van der Waals surface area contributed by atoms with E-state index in [2.05, 4.69) is 270 Å². The molecule has 0 bridgehead atoms. The van der Waals surface area contributed by atoms with Gasteiger partial charge in [0.1, 0.15) is 0 Å². The summed E-state index contributed by atoms with van der Waals surface area (Å²) in [5, 5.41) is 14.0. The Hall–Kier alpha value is -9.25. The second-order valence-corrected chi connectivity index (χ2v) is 18.3. The first-order valence-corrected chi connectivity index (χ1v) is 24.1. The maximum atomic E-state index is 6.02. The zero-order valence-electron chi connectivity index (χ0n) is 38.2. The van der Waals surface area contributed by atoms with Crippen molar-refractivity contribution in [2.24, 2.45) is 0 Å². The fourth-order valence-corrected chi connectivity index (χ4v) is 11.3. The minimum absolute atomic E-state index is 0.531. The van der Waals surface area contributed by atoms with Crippen LogP contribution in [0, 0.1) is 0 Å². The Labute approximate surface area is 405 Å². The summed E-state index contributed by atoms with van der Waals surface area (Å²) in [6.45, 7) is 0. The van der Waals surface area contributed by atoms with E-state index < -0.39 is 6.17 Å². The third-order valence-corrected chi connectivity index (χ3v) is 14.4. The van der Waals surface area contributed by atoms with Crippen molar-refractivity contribution in [2.75, 3.05) is 9.80 Å². The predicted octanol–water partition coefficient (Wildman–Crippen LogP) is 17.2. The molecular formula is C66H44N4. The van der Waals surface area contributed by atoms with Crippen molar-refractivity contribution < 1.29 is 0 Å². The van der Waals surface area contributed by atoms with Gasteiger partial charge in [-0.2, -0.15) is 0 Å². The molecule has 4 heteroatoms. The lowest BCUT2D eigenvalue weighted by Crippen LogP contribution is -2.34. The van der Waals surface area contributed by atoms with Gasteiger partial charge in [0.25, 0.3) is 0 Å². The summed E-state index contributed by atoms with van der Waals surface area (Å²) in [6.07, 6.45) is -0.531. The molecule has 1 aliphatic rings. The maximum absolute atomic E-state index is 6.02. The fourth-order valence-electron chi connectivity index (χ4n) is 11.3. The van der Waals surface area contributed by atoms with Crippen LogP contribution < -0.4 is 9.80 Å². The van der Waals surface area contributed by atoms with Crippen molar-refractivity contribution in [3.8, 4) is 22.5 Å². The number of aromatic amines is 1. The van der Waals surface area contributed by atoms with Gasteiger partial charge in [-0.1, -0.05) is 243 Å². The van der Waals surface area contributed by atoms with Crippen molar-refractivity contribution >= 4 is 87.4 Å². The van der Waals surface area contributed by atoms with Crippen LogP contribution in [-0.4, -0.2) is 9.97 Å². The molecule has 328 valence electrons. The molecule has 12 aromatic carbocycles. The molecule has 0 fully saturated rings. The van der Waals surface area contributed by atoms with Crippen LogP contribution in [-0.2, 0) is 0 Å². The molecule has 1 N–H and O–H groups in total. The number of hydrogen-bond acceptors (Lipinski definition) is 3. The molecule has 14 rings (SSSR count). The minimum Gasteiger partial charge on any atom is -0.338 e. The summed E-state index contributed by atoms with van der Waals surface area (Å²) in [5.41, 5.74) is 10.7. The summed E-state index contributed by atoms with van der Waals surface area (Å²) in [7, 11) is 0. The Morgan fingerprint density at radius 3 is 1.01 bits per heavy atom. The molecule has 0 atom stereocenters. The molecule has 1 aliphatic heterocycles. The van der Waals surface area contributed by atoms with Crippen LogP contribution in [0.1, 0.15) is 23.1 Å². The molecule has 0 saturated carbocycles. The zero-order valence-corrected chi connectivity index (χ0v) is 38.2. The first-order chi connectivity index (χ1) is 34.8. The van der Waals surface area contributed by atoms with E-state index in [0.29, 0.717) is 0 Å². The van der Waals surface area contributed by atoms with Gasteiger partial charge in [0.15, 0.2) is 12.0 Å². The SMILES string of the molecule is c1ccc2c(C3=C(c4cccc5ccccc45)N(c4cccc5ccccc45)C(c4nc(-c5cccc6ccccc56)c(-c5cccc6ccccc56)[nH]4)N3c3cccc4ccccc34)cccc2c1. The highest BCUT2D eigenvalue weighted by Crippen LogP contribution is 2.56. The highest BCUT2D eigenvalue weighted by Gasteiger charge is 2.46. The molecule has 0 unspecified atom stereocenters. The van der Waals surface area contributed by atoms with E-state index in [-0.39, 0.29) is 0 Å². The number of nitrogens with one attached hydrogen (secondary N) is 1. The molecule has 0 radical (unpaired) electrons. The minimum atomic E-state index is -0.531. The normalized spacial score (nSPS) is 13.3. The number of anilines is 2. The number of imidazole rings is 1. The lowest BCUT2D eigenvalue weighted by atomic mass is 9.95. The average Bonchev–Trinajstić information content (AvgIpc) is 4.02. The van der Waals surface area contributed by atoms with Crippen LogP contribution in [0.15, 0.2) is 255 Å². The summed E-state index contributed by atoms with van der Waals surface area (Å²) >= 11 is 0. The molecule has 0 aliphatic carbocycles. The first kappa shape index (κ1) is 39.9. The molecular weight excluding hydrogens is 849 g/mol. The van der Waals surface area contributed by atoms with Crippen LogP contribution >= 0.6 is 0 Å². The van der Waals surface area contributed by atoms with Crippen molar-refractivity contribution in [1.29, 1.82) is 0 Å². The van der Waals surface area contributed by atoms with Crippen molar-refractivity contribution in [3.05, 3.63) is 272 Å². The number of rotatable bonds is 7. The highest BCUT2D eigenvalue weighted by atomic mass is 15.4. The Balaban J connectivity index is 1.18. The van der Waals surface area contributed by atoms with Gasteiger partial charge >= 0.3 is 0 Å². The van der Waals surface area contributed by atoms with E-state index in [0.717, 1.165) is 83.8 Å². The van der Waals surface area contributed by atoms with Gasteiger partial charge < -0.3 is 14.8 Å². The Kier molecular flexibility index (Phi) is 9.24. The highest BCUT2D eigenvalue weighted by molar-refractivity contribution is 6.18. The molecule has 70 heavy (non-hydrogen) atoms. The van der Waals surface area contributed by atoms with Crippen LogP contribution in [0.25, 0.3) is 98.5 Å². The quantitative estimate of drug-likeness (QED) is 0.173. The monoisotopic (exact) mass is 892 g/mol. The average molecular weight is 893 g/mol. The predicted molar refractivity (Wildman–Crippen MR) is 295 cm³/mol. The smallest absolute Gasteiger partial charge is 0.170 e. The molecule has 0 saturated heterocycles. The summed E-state index contributed by atoms with van der Waals surface area (Å²) in [4.78, 5) is 15.4. The Morgan fingerprint density at radius 2 is 0.586 bits per heavy atom. The van der Waals surface area contributed by atoms with E-state index in [9.17, 15) is 0 Å². The van der Waals surface area contributed by atoms with Crippen molar-refractivity contribution in [2.45, 2.75) is 6.17 Å².